The second-order valence-electron chi connectivity index (χ2n) is 7.64. The molecule has 2 aromatic rings. The number of carbonyl (C=O) groups excluding carboxylic acids is 1. The third kappa shape index (κ3) is 4.92. The van der Waals surface area contributed by atoms with Gasteiger partial charge in [-0.2, -0.15) is 0 Å². The number of benzene rings is 2. The molecule has 170 valence electrons. The molecule has 0 bridgehead atoms. The summed E-state index contributed by atoms with van der Waals surface area (Å²) in [6.07, 6.45) is -2.31. The van der Waals surface area contributed by atoms with Gasteiger partial charge in [-0.1, -0.05) is 36.4 Å². The number of hydroxylamine groups is 1. The first-order valence-electron chi connectivity index (χ1n) is 9.91. The lowest BCUT2D eigenvalue weighted by Gasteiger charge is -2.43. The molecule has 3 atom stereocenters. The summed E-state index contributed by atoms with van der Waals surface area (Å²) in [6.45, 7) is 0.828. The fourth-order valence-corrected chi connectivity index (χ4v) is 5.83. The van der Waals surface area contributed by atoms with Crippen LogP contribution < -0.4 is 10.2 Å². The summed E-state index contributed by atoms with van der Waals surface area (Å²) in [5, 5.41) is 8.80. The van der Waals surface area contributed by atoms with E-state index < -0.39 is 24.1 Å². The Balaban J connectivity index is 1.63. The minimum Gasteiger partial charge on any atom is -0.406 e. The minimum absolute atomic E-state index is 0.00643. The number of alkyl halides is 3. The number of piperidine rings is 1. The molecule has 0 aliphatic carbocycles. The van der Waals surface area contributed by atoms with Crippen molar-refractivity contribution in [2.75, 3.05) is 6.54 Å². The summed E-state index contributed by atoms with van der Waals surface area (Å²) in [7, 11) is 0. The molecule has 10 heteroatoms. The van der Waals surface area contributed by atoms with Crippen molar-refractivity contribution in [1.29, 1.82) is 0 Å². The van der Waals surface area contributed by atoms with Crippen LogP contribution >= 0.6 is 11.8 Å². The third-order valence-electron chi connectivity index (χ3n) is 5.57. The van der Waals surface area contributed by atoms with Gasteiger partial charge in [-0.05, 0) is 42.6 Å². The topological polar surface area (TPSA) is 61.8 Å². The van der Waals surface area contributed by atoms with Crippen LogP contribution in [0.25, 0.3) is 0 Å². The van der Waals surface area contributed by atoms with Crippen LogP contribution in [0.5, 0.6) is 5.75 Å². The Morgan fingerprint density at radius 1 is 1.22 bits per heavy atom. The maximum absolute atomic E-state index is 14.8. The van der Waals surface area contributed by atoms with Gasteiger partial charge < -0.3 is 4.74 Å². The molecule has 2 heterocycles. The van der Waals surface area contributed by atoms with Gasteiger partial charge in [0.15, 0.2) is 0 Å². The number of hydrogen-bond acceptors (Lipinski definition) is 5. The van der Waals surface area contributed by atoms with E-state index in [1.54, 1.807) is 35.8 Å². The zero-order valence-electron chi connectivity index (χ0n) is 16.7. The van der Waals surface area contributed by atoms with Crippen molar-refractivity contribution in [1.82, 2.24) is 10.4 Å². The molecule has 4 rings (SSSR count). The predicted molar refractivity (Wildman–Crippen MR) is 110 cm³/mol. The number of hydrogen-bond donors (Lipinski definition) is 2. The summed E-state index contributed by atoms with van der Waals surface area (Å²) in [5.74, 6) is -1.32. The maximum atomic E-state index is 14.8. The summed E-state index contributed by atoms with van der Waals surface area (Å²) in [4.78, 5) is 14.3. The standard InChI is InChI=1S/C22H20F4N2O3S/c23-17-7-2-1-6-16(17)19-20-14(11-18(32-20)21(29)27-30)8-9-28(19)12-13-4-3-5-15(10-13)31-22(24,25)26/h1-7,10-11,14,19-20,30H,8-9,12H2,(H,27,29). The average molecular weight is 468 g/mol. The van der Waals surface area contributed by atoms with E-state index in [0.29, 0.717) is 29.0 Å². The van der Waals surface area contributed by atoms with Crippen molar-refractivity contribution in [3.63, 3.8) is 0 Å². The normalized spacial score (nSPS) is 23.4. The highest BCUT2D eigenvalue weighted by molar-refractivity contribution is 8.04. The molecular weight excluding hydrogens is 448 g/mol. The lowest BCUT2D eigenvalue weighted by Crippen LogP contribution is -2.43. The fraction of sp³-hybridized carbons (Fsp3) is 0.318. The second-order valence-corrected chi connectivity index (χ2v) is 8.86. The lowest BCUT2D eigenvalue weighted by molar-refractivity contribution is -0.274. The van der Waals surface area contributed by atoms with Crippen molar-refractivity contribution >= 4 is 17.7 Å². The number of halogens is 4. The molecule has 2 aliphatic heterocycles. The van der Waals surface area contributed by atoms with E-state index in [1.165, 1.54) is 36.0 Å². The van der Waals surface area contributed by atoms with Gasteiger partial charge in [-0.25, -0.2) is 9.87 Å². The first-order valence-corrected chi connectivity index (χ1v) is 10.8. The molecule has 2 aliphatic rings. The summed E-state index contributed by atoms with van der Waals surface area (Å²) in [6, 6.07) is 11.7. The molecule has 2 aromatic carbocycles. The van der Waals surface area contributed by atoms with E-state index in [9.17, 15) is 22.4 Å². The first-order chi connectivity index (χ1) is 15.2. The molecule has 0 aromatic heterocycles. The second kappa shape index (κ2) is 9.13. The SMILES string of the molecule is O=C(NO)C1=CC2CCN(Cc3cccc(OC(F)(F)F)c3)C(c3ccccc3F)C2S1. The van der Waals surface area contributed by atoms with E-state index >= 15 is 0 Å². The molecule has 1 saturated heterocycles. The smallest absolute Gasteiger partial charge is 0.406 e. The van der Waals surface area contributed by atoms with Crippen LogP contribution in [-0.4, -0.2) is 34.2 Å². The number of carbonyl (C=O) groups is 1. The van der Waals surface area contributed by atoms with Crippen LogP contribution in [0.1, 0.15) is 23.6 Å². The molecule has 0 saturated carbocycles. The van der Waals surface area contributed by atoms with Gasteiger partial charge in [0, 0.05) is 17.4 Å². The van der Waals surface area contributed by atoms with Crippen molar-refractivity contribution in [3.8, 4) is 5.75 Å². The molecule has 2 N–H and O–H groups in total. The molecule has 1 amide bonds. The Morgan fingerprint density at radius 3 is 2.72 bits per heavy atom. The number of nitrogens with zero attached hydrogens (tertiary/aromatic N) is 1. The number of rotatable bonds is 5. The maximum Gasteiger partial charge on any atom is 0.573 e. The Kier molecular flexibility index (Phi) is 6.45. The fourth-order valence-electron chi connectivity index (χ4n) is 4.30. The highest BCUT2D eigenvalue weighted by atomic mass is 32.2. The lowest BCUT2D eigenvalue weighted by atomic mass is 9.86. The number of fused-ring (bicyclic) bond motifs is 1. The molecule has 1 fully saturated rings. The number of thioether (sulfide) groups is 1. The molecular formula is C22H20F4N2O3S. The van der Waals surface area contributed by atoms with Crippen LogP contribution in [0.3, 0.4) is 0 Å². The third-order valence-corrected chi connectivity index (χ3v) is 7.03. The highest BCUT2D eigenvalue weighted by Crippen LogP contribution is 2.50. The number of likely N-dealkylation sites (tertiary alicyclic amines) is 1. The molecule has 3 unspecified atom stereocenters. The van der Waals surface area contributed by atoms with Gasteiger partial charge in [0.1, 0.15) is 11.6 Å². The monoisotopic (exact) mass is 468 g/mol. The van der Waals surface area contributed by atoms with Crippen LogP contribution in [0.2, 0.25) is 0 Å². The van der Waals surface area contributed by atoms with Gasteiger partial charge in [0.2, 0.25) is 0 Å². The number of allylic oxidation sites excluding steroid dienone is 1. The average Bonchev–Trinajstić information content (AvgIpc) is 3.17. The van der Waals surface area contributed by atoms with Crippen molar-refractivity contribution in [3.05, 3.63) is 76.5 Å². The van der Waals surface area contributed by atoms with Crippen molar-refractivity contribution in [2.24, 2.45) is 5.92 Å². The Morgan fingerprint density at radius 2 is 2.00 bits per heavy atom. The predicted octanol–water partition coefficient (Wildman–Crippen LogP) is 4.79. The van der Waals surface area contributed by atoms with E-state index in [2.05, 4.69) is 4.74 Å². The van der Waals surface area contributed by atoms with Crippen LogP contribution in [-0.2, 0) is 11.3 Å². The van der Waals surface area contributed by atoms with Crippen LogP contribution in [0.4, 0.5) is 17.6 Å². The first kappa shape index (κ1) is 22.6. The Labute approximate surface area is 186 Å². The summed E-state index contributed by atoms with van der Waals surface area (Å²) >= 11 is 1.27. The summed E-state index contributed by atoms with van der Waals surface area (Å²) < 4.78 is 56.6. The van der Waals surface area contributed by atoms with Crippen molar-refractivity contribution < 1.29 is 32.3 Å². The Hall–Kier alpha value is -2.56. The Bertz CT molecular complexity index is 1030. The van der Waals surface area contributed by atoms with E-state index in [4.69, 9.17) is 5.21 Å². The molecule has 5 nitrogen and oxygen atoms in total. The van der Waals surface area contributed by atoms with Crippen LogP contribution in [0.15, 0.2) is 59.5 Å². The van der Waals surface area contributed by atoms with E-state index in [0.717, 1.165) is 0 Å². The highest BCUT2D eigenvalue weighted by Gasteiger charge is 2.44. The van der Waals surface area contributed by atoms with Gasteiger partial charge >= 0.3 is 6.36 Å². The van der Waals surface area contributed by atoms with Crippen LogP contribution in [0, 0.1) is 11.7 Å². The zero-order chi connectivity index (χ0) is 22.9. The van der Waals surface area contributed by atoms with E-state index in [-0.39, 0.29) is 23.5 Å². The number of ether oxygens (including phenoxy) is 1. The molecule has 0 spiro atoms. The van der Waals surface area contributed by atoms with Crippen molar-refractivity contribution in [2.45, 2.75) is 30.6 Å². The summed E-state index contributed by atoms with van der Waals surface area (Å²) in [5.41, 5.74) is 2.69. The minimum atomic E-state index is -4.79. The van der Waals surface area contributed by atoms with Gasteiger partial charge in [0.25, 0.3) is 5.91 Å². The zero-order valence-corrected chi connectivity index (χ0v) is 17.5. The van der Waals surface area contributed by atoms with Gasteiger partial charge in [0.05, 0.1) is 10.9 Å². The molecule has 0 radical (unpaired) electrons. The van der Waals surface area contributed by atoms with Gasteiger partial charge in [-0.3, -0.25) is 14.9 Å². The van der Waals surface area contributed by atoms with E-state index in [1.807, 2.05) is 4.90 Å². The number of amides is 1. The quantitative estimate of drug-likeness (QED) is 0.375. The number of nitrogens with one attached hydrogen (secondary N) is 1. The van der Waals surface area contributed by atoms with Gasteiger partial charge in [-0.15, -0.1) is 24.9 Å². The molecule has 32 heavy (non-hydrogen) atoms. The largest absolute Gasteiger partial charge is 0.573 e.